The van der Waals surface area contributed by atoms with Crippen LogP contribution >= 0.6 is 11.6 Å². The van der Waals surface area contributed by atoms with E-state index < -0.39 is 0 Å². The first kappa shape index (κ1) is 20.8. The number of benzene rings is 2. The molecule has 0 atom stereocenters. The molecule has 0 saturated heterocycles. The van der Waals surface area contributed by atoms with Crippen LogP contribution in [-0.4, -0.2) is 34.2 Å². The lowest BCUT2D eigenvalue weighted by Crippen LogP contribution is -2.38. The molecule has 7 nitrogen and oxygen atoms in total. The Morgan fingerprint density at radius 1 is 1.06 bits per heavy atom. The highest BCUT2D eigenvalue weighted by atomic mass is 35.5. The molecule has 2 heterocycles. The second kappa shape index (κ2) is 10.0. The lowest BCUT2D eigenvalue weighted by atomic mass is 10.1. The minimum atomic E-state index is 0.553. The number of pyridine rings is 1. The zero-order valence-corrected chi connectivity index (χ0v) is 17.9. The second-order valence-corrected chi connectivity index (χ2v) is 7.31. The van der Waals surface area contributed by atoms with Crippen LogP contribution in [0, 0.1) is 0 Å². The van der Waals surface area contributed by atoms with E-state index in [-0.39, 0.29) is 0 Å². The highest BCUT2D eigenvalue weighted by molar-refractivity contribution is 6.30. The van der Waals surface area contributed by atoms with Gasteiger partial charge in [0, 0.05) is 41.7 Å². The highest BCUT2D eigenvalue weighted by Crippen LogP contribution is 2.19. The van der Waals surface area contributed by atoms with Crippen molar-refractivity contribution in [3.8, 4) is 11.4 Å². The average molecular weight is 435 g/mol. The van der Waals surface area contributed by atoms with Crippen molar-refractivity contribution in [2.24, 2.45) is 4.99 Å². The number of hydrogen-bond donors (Lipinski definition) is 2. The Morgan fingerprint density at radius 3 is 2.74 bits per heavy atom. The second-order valence-electron chi connectivity index (χ2n) is 6.88. The molecule has 0 fully saturated rings. The van der Waals surface area contributed by atoms with Crippen LogP contribution in [-0.2, 0) is 13.0 Å². The average Bonchev–Trinajstić information content (AvgIpc) is 3.27. The van der Waals surface area contributed by atoms with Crippen molar-refractivity contribution >= 4 is 28.5 Å². The number of fused-ring (bicyclic) bond motifs is 1. The molecule has 0 bridgehead atoms. The molecule has 0 spiro atoms. The topological polar surface area (TPSA) is 88.2 Å². The molecule has 0 aliphatic carbocycles. The molecule has 8 heteroatoms. The number of aromatic nitrogens is 3. The van der Waals surface area contributed by atoms with E-state index in [9.17, 15) is 0 Å². The number of guanidine groups is 1. The van der Waals surface area contributed by atoms with Gasteiger partial charge in [-0.05, 0) is 48.9 Å². The monoisotopic (exact) mass is 434 g/mol. The van der Waals surface area contributed by atoms with Crippen molar-refractivity contribution in [2.45, 2.75) is 19.9 Å². The number of hydrogen-bond acceptors (Lipinski definition) is 5. The van der Waals surface area contributed by atoms with Gasteiger partial charge in [-0.15, -0.1) is 0 Å². The first-order chi connectivity index (χ1) is 15.2. The molecule has 0 saturated carbocycles. The molecule has 31 heavy (non-hydrogen) atoms. The van der Waals surface area contributed by atoms with Crippen molar-refractivity contribution in [2.75, 3.05) is 13.1 Å². The van der Waals surface area contributed by atoms with Crippen LogP contribution in [0.4, 0.5) is 0 Å². The third kappa shape index (κ3) is 5.38. The van der Waals surface area contributed by atoms with Crippen molar-refractivity contribution in [3.05, 3.63) is 77.3 Å². The van der Waals surface area contributed by atoms with Gasteiger partial charge in [0.25, 0.3) is 0 Å². The molecular formula is C23H23ClN6O. The minimum absolute atomic E-state index is 0.553. The maximum Gasteiger partial charge on any atom is 0.228 e. The van der Waals surface area contributed by atoms with E-state index in [0.717, 1.165) is 34.5 Å². The fourth-order valence-electron chi connectivity index (χ4n) is 3.16. The Balaban J connectivity index is 1.37. The summed E-state index contributed by atoms with van der Waals surface area (Å²) in [6, 6.07) is 17.4. The maximum atomic E-state index is 5.93. The van der Waals surface area contributed by atoms with Gasteiger partial charge in [0.15, 0.2) is 5.96 Å². The van der Waals surface area contributed by atoms with Crippen molar-refractivity contribution < 1.29 is 4.52 Å². The zero-order chi connectivity index (χ0) is 21.5. The van der Waals surface area contributed by atoms with Crippen LogP contribution in [0.2, 0.25) is 5.02 Å². The van der Waals surface area contributed by atoms with Gasteiger partial charge in [-0.2, -0.15) is 4.98 Å². The molecule has 4 aromatic rings. The fraction of sp³-hybridized carbons (Fsp3) is 0.217. The number of aliphatic imine (C=N–C) groups is 1. The van der Waals surface area contributed by atoms with Crippen LogP contribution in [0.1, 0.15) is 18.4 Å². The van der Waals surface area contributed by atoms with E-state index in [1.54, 1.807) is 12.1 Å². The summed E-state index contributed by atoms with van der Waals surface area (Å²) in [6.07, 6.45) is 2.41. The molecule has 2 N–H and O–H groups in total. The predicted molar refractivity (Wildman–Crippen MR) is 123 cm³/mol. The third-order valence-electron chi connectivity index (χ3n) is 4.69. The summed E-state index contributed by atoms with van der Waals surface area (Å²) < 4.78 is 5.37. The van der Waals surface area contributed by atoms with Gasteiger partial charge < -0.3 is 15.2 Å². The molecule has 0 radical (unpaired) electrons. The molecular weight excluding hydrogens is 412 g/mol. The van der Waals surface area contributed by atoms with E-state index in [0.29, 0.717) is 36.2 Å². The Labute approximate surface area is 185 Å². The Bertz CT molecular complexity index is 1170. The van der Waals surface area contributed by atoms with Crippen molar-refractivity contribution in [1.82, 2.24) is 25.8 Å². The summed E-state index contributed by atoms with van der Waals surface area (Å²) in [6.45, 7) is 3.98. The van der Waals surface area contributed by atoms with E-state index >= 15 is 0 Å². The van der Waals surface area contributed by atoms with Gasteiger partial charge in [-0.3, -0.25) is 4.98 Å². The van der Waals surface area contributed by atoms with Crippen LogP contribution in [0.15, 0.2) is 70.3 Å². The number of nitrogens with one attached hydrogen (secondary N) is 2. The highest BCUT2D eigenvalue weighted by Gasteiger charge is 2.09. The molecule has 0 unspecified atom stereocenters. The molecule has 2 aromatic heterocycles. The number of nitrogens with zero attached hydrogens (tertiary/aromatic N) is 4. The number of rotatable bonds is 7. The van der Waals surface area contributed by atoms with Crippen LogP contribution < -0.4 is 10.6 Å². The number of para-hydroxylation sites is 1. The van der Waals surface area contributed by atoms with E-state index in [4.69, 9.17) is 21.1 Å². The fourth-order valence-corrected chi connectivity index (χ4v) is 3.29. The smallest absolute Gasteiger partial charge is 0.228 e. The largest absolute Gasteiger partial charge is 0.357 e. The van der Waals surface area contributed by atoms with Gasteiger partial charge in [0.2, 0.25) is 11.7 Å². The standard InChI is InChI=1S/C23H23ClN6O/c1-2-25-23(28-15-17-11-13-26-20-6-4-3-5-19(17)20)27-14-12-21-29-22(30-31-21)16-7-9-18(24)10-8-16/h3-11,13H,2,12,14-15H2,1H3,(H2,25,27,28). The molecule has 0 amide bonds. The predicted octanol–water partition coefficient (Wildman–Crippen LogP) is 4.24. The van der Waals surface area contributed by atoms with E-state index in [1.165, 1.54) is 0 Å². The SMILES string of the molecule is CCNC(=NCc1ccnc2ccccc12)NCCc1nc(-c2ccc(Cl)cc2)no1. The van der Waals surface area contributed by atoms with Crippen molar-refractivity contribution in [3.63, 3.8) is 0 Å². The molecule has 0 aliphatic rings. The van der Waals surface area contributed by atoms with Crippen LogP contribution in [0.3, 0.4) is 0 Å². The Hall–Kier alpha value is -3.45. The van der Waals surface area contributed by atoms with E-state index in [2.05, 4.69) is 31.8 Å². The minimum Gasteiger partial charge on any atom is -0.357 e. The van der Waals surface area contributed by atoms with Crippen LogP contribution in [0.25, 0.3) is 22.3 Å². The summed E-state index contributed by atoms with van der Waals surface area (Å²) in [5.41, 5.74) is 2.97. The third-order valence-corrected chi connectivity index (χ3v) is 4.94. The normalized spacial score (nSPS) is 11.6. The van der Waals surface area contributed by atoms with Crippen LogP contribution in [0.5, 0.6) is 0 Å². The van der Waals surface area contributed by atoms with Gasteiger partial charge >= 0.3 is 0 Å². The van der Waals surface area contributed by atoms with Crippen molar-refractivity contribution in [1.29, 1.82) is 0 Å². The van der Waals surface area contributed by atoms with Gasteiger partial charge in [-0.25, -0.2) is 4.99 Å². The lowest BCUT2D eigenvalue weighted by Gasteiger charge is -2.11. The summed E-state index contributed by atoms with van der Waals surface area (Å²) in [7, 11) is 0. The summed E-state index contributed by atoms with van der Waals surface area (Å²) in [5.74, 6) is 1.85. The Kier molecular flexibility index (Phi) is 6.74. The molecule has 0 aliphatic heterocycles. The quantitative estimate of drug-likeness (QED) is 0.334. The first-order valence-corrected chi connectivity index (χ1v) is 10.5. The van der Waals surface area contributed by atoms with Gasteiger partial charge in [-0.1, -0.05) is 35.0 Å². The molecule has 4 rings (SSSR count). The summed E-state index contributed by atoms with van der Waals surface area (Å²) >= 11 is 5.93. The maximum absolute atomic E-state index is 5.93. The zero-order valence-electron chi connectivity index (χ0n) is 17.2. The van der Waals surface area contributed by atoms with E-state index in [1.807, 2.05) is 49.5 Å². The first-order valence-electron chi connectivity index (χ1n) is 10.2. The summed E-state index contributed by atoms with van der Waals surface area (Å²) in [4.78, 5) is 13.6. The Morgan fingerprint density at radius 2 is 1.90 bits per heavy atom. The van der Waals surface area contributed by atoms with Gasteiger partial charge in [0.05, 0.1) is 12.1 Å². The van der Waals surface area contributed by atoms with Gasteiger partial charge in [0.1, 0.15) is 0 Å². The molecule has 2 aromatic carbocycles. The molecule has 158 valence electrons. The number of halogens is 1. The lowest BCUT2D eigenvalue weighted by molar-refractivity contribution is 0.378. The summed E-state index contributed by atoms with van der Waals surface area (Å²) in [5, 5.41) is 12.4.